The number of carbonyl (C=O) groups excluding carboxylic acids is 3. The lowest BCUT2D eigenvalue weighted by Gasteiger charge is -2.19. The number of carbonyl (C=O) groups is 3. The molecule has 0 fully saturated rings. The zero-order chi connectivity index (χ0) is 24.5. The van der Waals surface area contributed by atoms with E-state index in [2.05, 4.69) is 22.5 Å². The zero-order valence-corrected chi connectivity index (χ0v) is 19.3. The minimum absolute atomic E-state index is 0.0199. The second kappa shape index (κ2) is 12.0. The van der Waals surface area contributed by atoms with Gasteiger partial charge in [0.05, 0.1) is 6.10 Å². The predicted octanol–water partition coefficient (Wildman–Crippen LogP) is 2.36. The van der Waals surface area contributed by atoms with Crippen molar-refractivity contribution in [3.8, 4) is 11.8 Å². The molecule has 0 radical (unpaired) electrons. The average Bonchev–Trinajstić information content (AvgIpc) is 2.80. The number of hydrogen-bond acceptors (Lipinski definition) is 5. The highest BCUT2D eigenvalue weighted by Crippen LogP contribution is 2.15. The Bertz CT molecular complexity index is 1030. The van der Waals surface area contributed by atoms with Crippen LogP contribution in [-0.4, -0.2) is 46.6 Å². The number of benzene rings is 2. The normalized spacial score (nSPS) is 13.3. The molecular formula is C26H30N2O5. The molecule has 3 atom stereocenters. The fourth-order valence-corrected chi connectivity index (χ4v) is 2.84. The second-order valence-corrected chi connectivity index (χ2v) is 8.24. The summed E-state index contributed by atoms with van der Waals surface area (Å²) in [6.45, 7) is 6.51. The molecule has 0 spiro atoms. The highest BCUT2D eigenvalue weighted by atomic mass is 16.3. The molecule has 0 bridgehead atoms. The topological polar surface area (TPSA) is 116 Å². The summed E-state index contributed by atoms with van der Waals surface area (Å²) in [5, 5.41) is 24.0. The lowest BCUT2D eigenvalue weighted by Crippen LogP contribution is -2.48. The van der Waals surface area contributed by atoms with Gasteiger partial charge in [-0.3, -0.25) is 14.4 Å². The maximum atomic E-state index is 12.3. The highest BCUT2D eigenvalue weighted by Gasteiger charge is 2.25. The lowest BCUT2D eigenvalue weighted by atomic mass is 9.97. The molecule has 0 aliphatic rings. The number of hydrogen-bond donors (Lipinski definition) is 4. The third kappa shape index (κ3) is 7.56. The number of rotatable bonds is 8. The Morgan fingerprint density at radius 3 is 1.85 bits per heavy atom. The number of anilines is 1. The maximum Gasteiger partial charge on any atom is 0.251 e. The van der Waals surface area contributed by atoms with Gasteiger partial charge >= 0.3 is 0 Å². The molecule has 33 heavy (non-hydrogen) atoms. The van der Waals surface area contributed by atoms with Gasteiger partial charge in [0.1, 0.15) is 12.6 Å². The first-order valence-electron chi connectivity index (χ1n) is 10.8. The van der Waals surface area contributed by atoms with Crippen LogP contribution in [0.2, 0.25) is 0 Å². The maximum absolute atomic E-state index is 12.3. The number of amides is 2. The first-order chi connectivity index (χ1) is 15.6. The van der Waals surface area contributed by atoms with Gasteiger partial charge in [-0.25, -0.2) is 0 Å². The van der Waals surface area contributed by atoms with E-state index in [0.717, 1.165) is 5.56 Å². The summed E-state index contributed by atoms with van der Waals surface area (Å²) in [7, 11) is 0. The van der Waals surface area contributed by atoms with E-state index < -0.39 is 30.4 Å². The number of aliphatic hydroxyl groups is 2. The molecule has 0 saturated carbocycles. The first kappa shape index (κ1) is 25.8. The molecular weight excluding hydrogens is 420 g/mol. The summed E-state index contributed by atoms with van der Waals surface area (Å²) in [5.41, 5.74) is 2.47. The molecule has 0 aromatic heterocycles. The molecule has 4 N–H and O–H groups in total. The van der Waals surface area contributed by atoms with Gasteiger partial charge in [0.2, 0.25) is 5.91 Å². The molecule has 0 unspecified atom stereocenters. The molecule has 0 saturated heterocycles. The van der Waals surface area contributed by atoms with Crippen molar-refractivity contribution >= 4 is 23.3 Å². The quantitative estimate of drug-likeness (QED) is 0.461. The molecule has 2 aromatic carbocycles. The molecule has 7 nitrogen and oxygen atoms in total. The van der Waals surface area contributed by atoms with Crippen LogP contribution in [0.25, 0.3) is 0 Å². The number of Topliss-reactive ketones (excluding diaryl/α,β-unsaturated/α-hetero) is 1. The summed E-state index contributed by atoms with van der Waals surface area (Å²) < 4.78 is 0. The fourth-order valence-electron chi connectivity index (χ4n) is 2.84. The highest BCUT2D eigenvalue weighted by molar-refractivity contribution is 5.98. The largest absolute Gasteiger partial charge is 0.391 e. The summed E-state index contributed by atoms with van der Waals surface area (Å²) in [6, 6.07) is 12.5. The van der Waals surface area contributed by atoms with Gasteiger partial charge < -0.3 is 20.8 Å². The summed E-state index contributed by atoms with van der Waals surface area (Å²) in [5.74, 6) is 5.00. The van der Waals surface area contributed by atoms with E-state index in [1.165, 1.54) is 6.92 Å². The van der Waals surface area contributed by atoms with Crippen molar-refractivity contribution in [2.45, 2.75) is 39.8 Å². The molecule has 0 aliphatic carbocycles. The number of aliphatic hydroxyl groups excluding tert-OH is 2. The second-order valence-electron chi connectivity index (χ2n) is 8.24. The minimum atomic E-state index is -1.18. The van der Waals surface area contributed by atoms with Crippen LogP contribution in [0.5, 0.6) is 0 Å². The van der Waals surface area contributed by atoms with Crippen LogP contribution in [0.3, 0.4) is 0 Å². The fraction of sp³-hybridized carbons (Fsp3) is 0.346. The van der Waals surface area contributed by atoms with Crippen LogP contribution in [0, 0.1) is 23.7 Å². The van der Waals surface area contributed by atoms with Crippen molar-refractivity contribution in [2.75, 3.05) is 11.9 Å². The molecule has 0 aliphatic heterocycles. The van der Waals surface area contributed by atoms with Gasteiger partial charge in [0, 0.05) is 28.3 Å². The molecule has 7 heteroatoms. The standard InChI is InChI=1S/C26H30N2O5/c1-16(2)17(3)25(32)27-22-13-9-20(10-14-22)6-5-19-7-11-21(12-8-19)26(33)28-24(18(4)30)23(31)15-29/h7-14,16-18,24,29-30H,15H2,1-4H3,(H,27,32)(H,28,33)/t17-,18+,24-/m0/s1. The predicted molar refractivity (Wildman–Crippen MR) is 127 cm³/mol. The summed E-state index contributed by atoms with van der Waals surface area (Å²) in [4.78, 5) is 36.2. The van der Waals surface area contributed by atoms with Crippen LogP contribution in [-0.2, 0) is 9.59 Å². The third-order valence-electron chi connectivity index (χ3n) is 5.34. The smallest absolute Gasteiger partial charge is 0.251 e. The zero-order valence-electron chi connectivity index (χ0n) is 19.3. The van der Waals surface area contributed by atoms with Gasteiger partial charge in [0.25, 0.3) is 5.91 Å². The molecule has 174 valence electrons. The Balaban J connectivity index is 2.02. The third-order valence-corrected chi connectivity index (χ3v) is 5.34. The van der Waals surface area contributed by atoms with E-state index in [9.17, 15) is 19.5 Å². The Morgan fingerprint density at radius 1 is 0.879 bits per heavy atom. The Labute approximate surface area is 194 Å². The van der Waals surface area contributed by atoms with Crippen LogP contribution >= 0.6 is 0 Å². The van der Waals surface area contributed by atoms with E-state index in [4.69, 9.17) is 5.11 Å². The lowest BCUT2D eigenvalue weighted by molar-refractivity contribution is -0.126. The van der Waals surface area contributed by atoms with E-state index >= 15 is 0 Å². The van der Waals surface area contributed by atoms with E-state index in [-0.39, 0.29) is 17.7 Å². The number of ketones is 1. The van der Waals surface area contributed by atoms with Crippen molar-refractivity contribution < 1.29 is 24.6 Å². The van der Waals surface area contributed by atoms with E-state index in [1.807, 2.05) is 32.9 Å². The Kier molecular flexibility index (Phi) is 9.34. The van der Waals surface area contributed by atoms with Crippen LogP contribution in [0.4, 0.5) is 5.69 Å². The van der Waals surface area contributed by atoms with Gasteiger partial charge in [-0.15, -0.1) is 0 Å². The Morgan fingerprint density at radius 2 is 1.39 bits per heavy atom. The SMILES string of the molecule is CC(C)[C@H](C)C(=O)Nc1ccc(C#Cc2ccc(C(=O)N[C@H](C(=O)CO)[C@@H](C)O)cc2)cc1. The van der Waals surface area contributed by atoms with Crippen LogP contribution in [0.15, 0.2) is 48.5 Å². The van der Waals surface area contributed by atoms with Crippen molar-refractivity contribution in [3.63, 3.8) is 0 Å². The minimum Gasteiger partial charge on any atom is -0.391 e. The van der Waals surface area contributed by atoms with Gasteiger partial charge in [-0.05, 0) is 61.4 Å². The van der Waals surface area contributed by atoms with Crippen molar-refractivity contribution in [1.29, 1.82) is 0 Å². The first-order valence-corrected chi connectivity index (χ1v) is 10.8. The van der Waals surface area contributed by atoms with E-state index in [0.29, 0.717) is 16.8 Å². The summed E-state index contributed by atoms with van der Waals surface area (Å²) >= 11 is 0. The van der Waals surface area contributed by atoms with Gasteiger partial charge in [-0.2, -0.15) is 0 Å². The van der Waals surface area contributed by atoms with Gasteiger partial charge in [-0.1, -0.05) is 32.6 Å². The van der Waals surface area contributed by atoms with Crippen LogP contribution in [0.1, 0.15) is 49.2 Å². The van der Waals surface area contributed by atoms with Crippen LogP contribution < -0.4 is 10.6 Å². The number of nitrogens with one attached hydrogen (secondary N) is 2. The van der Waals surface area contributed by atoms with E-state index in [1.54, 1.807) is 36.4 Å². The van der Waals surface area contributed by atoms with Gasteiger partial charge in [0.15, 0.2) is 5.78 Å². The average molecular weight is 451 g/mol. The Hall–Kier alpha value is -3.47. The van der Waals surface area contributed by atoms with Crippen molar-refractivity contribution in [1.82, 2.24) is 5.32 Å². The summed E-state index contributed by atoms with van der Waals surface area (Å²) in [6.07, 6.45) is -1.13. The van der Waals surface area contributed by atoms with Crippen molar-refractivity contribution in [3.05, 3.63) is 65.2 Å². The molecule has 2 rings (SSSR count). The molecule has 2 aromatic rings. The van der Waals surface area contributed by atoms with Crippen molar-refractivity contribution in [2.24, 2.45) is 11.8 Å². The molecule has 0 heterocycles. The monoisotopic (exact) mass is 450 g/mol. The molecule has 2 amide bonds.